The van der Waals surface area contributed by atoms with Crippen molar-refractivity contribution in [1.29, 1.82) is 0 Å². The first kappa shape index (κ1) is 21.2. The number of carbonyl (C=O) groups excluding carboxylic acids is 2. The van der Waals surface area contributed by atoms with Crippen molar-refractivity contribution in [3.8, 4) is 23.0 Å². The average Bonchev–Trinajstić information content (AvgIpc) is 2.71. The van der Waals surface area contributed by atoms with Crippen molar-refractivity contribution in [2.75, 3.05) is 46.3 Å². The Labute approximate surface area is 173 Å². The molecule has 0 aromatic heterocycles. The van der Waals surface area contributed by atoms with Crippen molar-refractivity contribution in [3.63, 3.8) is 0 Å². The van der Waals surface area contributed by atoms with Gasteiger partial charge in [0.2, 0.25) is 11.7 Å². The normalized spacial score (nSPS) is 13.3. The van der Waals surface area contributed by atoms with E-state index in [-0.39, 0.29) is 43.2 Å². The Bertz CT molecular complexity index is 904. The van der Waals surface area contributed by atoms with E-state index in [0.717, 1.165) is 0 Å². The summed E-state index contributed by atoms with van der Waals surface area (Å²) in [6.07, 6.45) is 0. The number of anilines is 1. The summed E-state index contributed by atoms with van der Waals surface area (Å²) in [4.78, 5) is 26.2. The van der Waals surface area contributed by atoms with Gasteiger partial charge in [-0.1, -0.05) is 12.1 Å². The highest BCUT2D eigenvalue weighted by Crippen LogP contribution is 2.40. The minimum Gasteiger partial charge on any atom is -0.493 e. The third kappa shape index (κ3) is 4.56. The summed E-state index contributed by atoms with van der Waals surface area (Å²) in [5.41, 5.74) is 0.488. The quantitative estimate of drug-likeness (QED) is 0.708. The van der Waals surface area contributed by atoms with Crippen LogP contribution < -0.4 is 24.3 Å². The molecule has 2 aromatic carbocycles. The van der Waals surface area contributed by atoms with Crippen LogP contribution in [0.1, 0.15) is 0 Å². The average molecular weight is 418 g/mol. The lowest BCUT2D eigenvalue weighted by atomic mass is 9.99. The molecule has 0 spiro atoms. The second-order valence-electron chi connectivity index (χ2n) is 6.62. The number of nitrogens with one attached hydrogen (secondary N) is 1. The number of nitrogens with zero attached hydrogens (tertiary/aromatic N) is 1. The lowest BCUT2D eigenvalue weighted by Gasteiger charge is -2.38. The van der Waals surface area contributed by atoms with Crippen molar-refractivity contribution < 1.29 is 32.9 Å². The smallest absolute Gasteiger partial charge is 0.260 e. The van der Waals surface area contributed by atoms with Crippen LogP contribution in [0.25, 0.3) is 0 Å². The monoisotopic (exact) mass is 418 g/mol. The standard InChI is InChI=1S/C21H23FN2O6/c1-27-17-8-14(9-18(28-2)20(17)29-3)23-21(26)13-10-24(11-13)19(25)12-30-16-7-5-4-6-15(16)22/h4-9,13H,10-12H2,1-3H3,(H,23,26). The number of benzene rings is 2. The number of rotatable bonds is 8. The molecule has 1 aliphatic heterocycles. The Morgan fingerprint density at radius 1 is 1.03 bits per heavy atom. The van der Waals surface area contributed by atoms with Crippen LogP contribution in [-0.4, -0.2) is 57.7 Å². The van der Waals surface area contributed by atoms with Crippen LogP contribution in [0.2, 0.25) is 0 Å². The Balaban J connectivity index is 1.53. The van der Waals surface area contributed by atoms with E-state index >= 15 is 0 Å². The molecule has 3 rings (SSSR count). The van der Waals surface area contributed by atoms with Crippen molar-refractivity contribution >= 4 is 17.5 Å². The molecule has 2 aromatic rings. The van der Waals surface area contributed by atoms with Gasteiger partial charge in [0.15, 0.2) is 29.7 Å². The zero-order chi connectivity index (χ0) is 21.7. The van der Waals surface area contributed by atoms with Gasteiger partial charge in [0.1, 0.15) is 0 Å². The number of carbonyl (C=O) groups is 2. The maximum absolute atomic E-state index is 13.5. The molecular formula is C21H23FN2O6. The zero-order valence-electron chi connectivity index (χ0n) is 16.9. The second-order valence-corrected chi connectivity index (χ2v) is 6.62. The molecule has 9 heteroatoms. The molecule has 8 nitrogen and oxygen atoms in total. The number of para-hydroxylation sites is 1. The molecule has 0 bridgehead atoms. The van der Waals surface area contributed by atoms with Crippen LogP contribution in [0.5, 0.6) is 23.0 Å². The highest BCUT2D eigenvalue weighted by Gasteiger charge is 2.36. The van der Waals surface area contributed by atoms with Crippen molar-refractivity contribution in [2.24, 2.45) is 5.92 Å². The van der Waals surface area contributed by atoms with Gasteiger partial charge in [-0.15, -0.1) is 0 Å². The first-order chi connectivity index (χ1) is 14.5. The van der Waals surface area contributed by atoms with Crippen LogP contribution in [-0.2, 0) is 9.59 Å². The fourth-order valence-electron chi connectivity index (χ4n) is 3.04. The molecule has 1 heterocycles. The molecule has 0 atom stereocenters. The molecule has 1 fully saturated rings. The van der Waals surface area contributed by atoms with Crippen LogP contribution >= 0.6 is 0 Å². The lowest BCUT2D eigenvalue weighted by Crippen LogP contribution is -2.55. The number of ether oxygens (including phenoxy) is 4. The second kappa shape index (κ2) is 9.34. The summed E-state index contributed by atoms with van der Waals surface area (Å²) < 4.78 is 34.6. The van der Waals surface area contributed by atoms with Gasteiger partial charge >= 0.3 is 0 Å². The van der Waals surface area contributed by atoms with Crippen LogP contribution in [0.3, 0.4) is 0 Å². The van der Waals surface area contributed by atoms with E-state index < -0.39 is 5.82 Å². The minimum atomic E-state index is -0.531. The molecule has 1 saturated heterocycles. The SMILES string of the molecule is COc1cc(NC(=O)C2CN(C(=O)COc3ccccc3F)C2)cc(OC)c1OC. The Morgan fingerprint density at radius 2 is 1.67 bits per heavy atom. The Kier molecular flexibility index (Phi) is 6.61. The van der Waals surface area contributed by atoms with Gasteiger partial charge in [0, 0.05) is 30.9 Å². The van der Waals surface area contributed by atoms with Gasteiger partial charge in [0.05, 0.1) is 27.2 Å². The van der Waals surface area contributed by atoms with Gasteiger partial charge < -0.3 is 29.2 Å². The molecule has 1 aliphatic rings. The van der Waals surface area contributed by atoms with Crippen molar-refractivity contribution in [2.45, 2.75) is 0 Å². The summed E-state index contributed by atoms with van der Waals surface area (Å²) in [5, 5.41) is 2.80. The van der Waals surface area contributed by atoms with Gasteiger partial charge in [-0.05, 0) is 12.1 Å². The Morgan fingerprint density at radius 3 is 2.23 bits per heavy atom. The molecular weight excluding hydrogens is 395 g/mol. The molecule has 0 radical (unpaired) electrons. The van der Waals surface area contributed by atoms with Crippen LogP contribution in [0.15, 0.2) is 36.4 Å². The molecule has 0 saturated carbocycles. The van der Waals surface area contributed by atoms with Gasteiger partial charge in [-0.3, -0.25) is 9.59 Å². The van der Waals surface area contributed by atoms with Gasteiger partial charge in [-0.25, -0.2) is 4.39 Å². The highest BCUT2D eigenvalue weighted by molar-refractivity contribution is 5.95. The van der Waals surface area contributed by atoms with E-state index in [9.17, 15) is 14.0 Å². The number of amides is 2. The summed E-state index contributed by atoms with van der Waals surface area (Å²) in [6, 6.07) is 9.12. The number of likely N-dealkylation sites (tertiary alicyclic amines) is 1. The van der Waals surface area contributed by atoms with Crippen molar-refractivity contribution in [3.05, 3.63) is 42.2 Å². The number of hydrogen-bond donors (Lipinski definition) is 1. The number of methoxy groups -OCH3 is 3. The van der Waals surface area contributed by atoms with Crippen LogP contribution in [0.4, 0.5) is 10.1 Å². The summed E-state index contributed by atoms with van der Waals surface area (Å²) in [5.74, 6) is -0.154. The highest BCUT2D eigenvalue weighted by atomic mass is 19.1. The van der Waals surface area contributed by atoms with Gasteiger partial charge in [-0.2, -0.15) is 0 Å². The van der Waals surface area contributed by atoms with E-state index in [1.54, 1.807) is 18.2 Å². The summed E-state index contributed by atoms with van der Waals surface area (Å²) >= 11 is 0. The first-order valence-electron chi connectivity index (χ1n) is 9.22. The first-order valence-corrected chi connectivity index (χ1v) is 9.22. The summed E-state index contributed by atoms with van der Waals surface area (Å²) in [7, 11) is 4.47. The zero-order valence-corrected chi connectivity index (χ0v) is 16.9. The maximum Gasteiger partial charge on any atom is 0.260 e. The fourth-order valence-corrected chi connectivity index (χ4v) is 3.04. The van der Waals surface area contributed by atoms with E-state index in [1.165, 1.54) is 44.4 Å². The van der Waals surface area contributed by atoms with Crippen molar-refractivity contribution in [1.82, 2.24) is 4.90 Å². The Hall–Kier alpha value is -3.49. The number of halogens is 1. The third-order valence-corrected chi connectivity index (χ3v) is 4.73. The van der Waals surface area contributed by atoms with Crippen LogP contribution in [0, 0.1) is 11.7 Å². The maximum atomic E-state index is 13.5. The fraction of sp³-hybridized carbons (Fsp3) is 0.333. The predicted molar refractivity (Wildman–Crippen MR) is 107 cm³/mol. The van der Waals surface area contributed by atoms with E-state index in [1.807, 2.05) is 0 Å². The third-order valence-electron chi connectivity index (χ3n) is 4.73. The molecule has 2 amide bonds. The number of hydrogen-bond acceptors (Lipinski definition) is 6. The summed E-state index contributed by atoms with van der Waals surface area (Å²) in [6.45, 7) is 0.230. The molecule has 0 aliphatic carbocycles. The van der Waals surface area contributed by atoms with Gasteiger partial charge in [0.25, 0.3) is 5.91 Å². The molecule has 30 heavy (non-hydrogen) atoms. The van der Waals surface area contributed by atoms with E-state index in [0.29, 0.717) is 22.9 Å². The van der Waals surface area contributed by atoms with E-state index in [4.69, 9.17) is 18.9 Å². The topological polar surface area (TPSA) is 86.3 Å². The predicted octanol–water partition coefficient (Wildman–Crippen LogP) is 2.33. The minimum absolute atomic E-state index is 0.0167. The largest absolute Gasteiger partial charge is 0.493 e. The lowest BCUT2D eigenvalue weighted by molar-refractivity contribution is -0.143. The molecule has 160 valence electrons. The van der Waals surface area contributed by atoms with E-state index in [2.05, 4.69) is 5.32 Å². The molecule has 1 N–H and O–H groups in total. The molecule has 0 unspecified atom stereocenters.